The van der Waals surface area contributed by atoms with Gasteiger partial charge in [-0.25, -0.2) is 0 Å². The van der Waals surface area contributed by atoms with Gasteiger partial charge in [-0.1, -0.05) is 5.16 Å². The number of hydrogen-bond donors (Lipinski definition) is 0. The number of aromatic nitrogens is 2. The fourth-order valence-corrected chi connectivity index (χ4v) is 2.77. The number of rotatable bonds is 2. The van der Waals surface area contributed by atoms with E-state index in [9.17, 15) is 13.2 Å². The molecule has 0 N–H and O–H groups in total. The third kappa shape index (κ3) is 3.43. The highest BCUT2D eigenvalue weighted by Crippen LogP contribution is 2.34. The van der Waals surface area contributed by atoms with Crippen molar-refractivity contribution in [2.45, 2.75) is 37.8 Å². The maximum atomic E-state index is 12.8. The maximum absolute atomic E-state index is 12.8. The van der Waals surface area contributed by atoms with Crippen LogP contribution in [0.1, 0.15) is 31.5 Å². The number of oxime groups is 1. The van der Waals surface area contributed by atoms with Crippen LogP contribution in [0.15, 0.2) is 11.4 Å². The first kappa shape index (κ1) is 14.2. The van der Waals surface area contributed by atoms with Crippen molar-refractivity contribution in [1.82, 2.24) is 9.78 Å². The molecule has 2 heterocycles. The Bertz CT molecular complexity index is 508. The van der Waals surface area contributed by atoms with Gasteiger partial charge in [-0.3, -0.25) is 4.68 Å². The SMILES string of the molecule is Cn1cc(C(F)(F)F)c(CSC2=NOC(C)(C)C2)n1. The molecule has 0 fully saturated rings. The fourth-order valence-electron chi connectivity index (χ4n) is 1.71. The van der Waals surface area contributed by atoms with Crippen molar-refractivity contribution in [3.05, 3.63) is 17.5 Å². The van der Waals surface area contributed by atoms with Gasteiger partial charge in [-0.05, 0) is 13.8 Å². The number of nitrogens with zero attached hydrogens (tertiary/aromatic N) is 3. The van der Waals surface area contributed by atoms with Crippen LogP contribution >= 0.6 is 11.8 Å². The van der Waals surface area contributed by atoms with Crippen molar-refractivity contribution in [3.8, 4) is 0 Å². The topological polar surface area (TPSA) is 39.4 Å². The van der Waals surface area contributed by atoms with E-state index < -0.39 is 11.7 Å². The molecule has 0 aliphatic carbocycles. The summed E-state index contributed by atoms with van der Waals surface area (Å²) in [6.07, 6.45) is -2.78. The minimum Gasteiger partial charge on any atom is -0.389 e. The lowest BCUT2D eigenvalue weighted by Crippen LogP contribution is -2.18. The Morgan fingerprint density at radius 1 is 1.47 bits per heavy atom. The van der Waals surface area contributed by atoms with Crippen molar-refractivity contribution < 1.29 is 18.0 Å². The monoisotopic (exact) mass is 293 g/mol. The smallest absolute Gasteiger partial charge is 0.389 e. The molecule has 0 spiro atoms. The minimum absolute atomic E-state index is 0.0207. The van der Waals surface area contributed by atoms with Crippen LogP contribution in [-0.4, -0.2) is 20.4 Å². The van der Waals surface area contributed by atoms with Gasteiger partial charge in [0.2, 0.25) is 0 Å². The number of aryl methyl sites for hydroxylation is 1. The lowest BCUT2D eigenvalue weighted by Gasteiger charge is -2.13. The van der Waals surface area contributed by atoms with Gasteiger partial charge in [0, 0.05) is 25.4 Å². The Hall–Kier alpha value is -1.18. The van der Waals surface area contributed by atoms with Crippen LogP contribution < -0.4 is 0 Å². The Kier molecular flexibility index (Phi) is 3.55. The number of alkyl halides is 3. The molecule has 0 atom stereocenters. The fraction of sp³-hybridized carbons (Fsp3) is 0.636. The van der Waals surface area contributed by atoms with E-state index in [1.807, 2.05) is 13.8 Å². The number of halogens is 3. The van der Waals surface area contributed by atoms with E-state index in [1.54, 1.807) is 0 Å². The van der Waals surface area contributed by atoms with Gasteiger partial charge >= 0.3 is 6.18 Å². The summed E-state index contributed by atoms with van der Waals surface area (Å²) in [6, 6.07) is 0. The van der Waals surface area contributed by atoms with E-state index in [0.717, 1.165) is 6.20 Å². The van der Waals surface area contributed by atoms with Crippen LogP contribution in [0.4, 0.5) is 13.2 Å². The quantitative estimate of drug-likeness (QED) is 0.840. The van der Waals surface area contributed by atoms with Gasteiger partial charge < -0.3 is 4.84 Å². The van der Waals surface area contributed by atoms with Crippen molar-refractivity contribution in [3.63, 3.8) is 0 Å². The first-order valence-corrected chi connectivity index (χ1v) is 6.63. The molecule has 1 aromatic heterocycles. The van der Waals surface area contributed by atoms with Gasteiger partial charge in [0.15, 0.2) is 0 Å². The summed E-state index contributed by atoms with van der Waals surface area (Å²) in [5.74, 6) is 0.133. The van der Waals surface area contributed by atoms with Crippen LogP contribution in [0.25, 0.3) is 0 Å². The second kappa shape index (κ2) is 4.73. The molecule has 0 bridgehead atoms. The summed E-state index contributed by atoms with van der Waals surface area (Å²) in [6.45, 7) is 3.76. The molecule has 2 rings (SSSR count). The van der Waals surface area contributed by atoms with E-state index >= 15 is 0 Å². The maximum Gasteiger partial charge on any atom is 0.419 e. The van der Waals surface area contributed by atoms with Gasteiger partial charge in [-0.2, -0.15) is 18.3 Å². The summed E-state index contributed by atoms with van der Waals surface area (Å²) in [4.78, 5) is 5.16. The molecule has 0 amide bonds. The molecule has 1 aliphatic heterocycles. The summed E-state index contributed by atoms with van der Waals surface area (Å²) in [5, 5.41) is 8.42. The third-order valence-electron chi connectivity index (χ3n) is 2.56. The number of hydrogen-bond acceptors (Lipinski definition) is 4. The van der Waals surface area contributed by atoms with Crippen LogP contribution in [0, 0.1) is 0 Å². The van der Waals surface area contributed by atoms with E-state index in [2.05, 4.69) is 10.3 Å². The zero-order chi connectivity index (χ0) is 14.3. The molecular weight excluding hydrogens is 279 g/mol. The normalized spacial score (nSPS) is 18.3. The molecule has 0 saturated heterocycles. The van der Waals surface area contributed by atoms with Crippen LogP contribution in [-0.2, 0) is 23.8 Å². The molecule has 0 unspecified atom stereocenters. The van der Waals surface area contributed by atoms with Crippen molar-refractivity contribution in [2.24, 2.45) is 12.2 Å². The van der Waals surface area contributed by atoms with Gasteiger partial charge in [0.05, 0.1) is 11.3 Å². The Balaban J connectivity index is 2.05. The minimum atomic E-state index is -4.38. The highest BCUT2D eigenvalue weighted by molar-refractivity contribution is 8.13. The Labute approximate surface area is 113 Å². The average Bonchev–Trinajstić information content (AvgIpc) is 2.78. The molecular formula is C11H14F3N3OS. The van der Waals surface area contributed by atoms with Crippen molar-refractivity contribution >= 4 is 16.8 Å². The molecule has 0 saturated carbocycles. The molecule has 1 aliphatic rings. The second-order valence-electron chi connectivity index (χ2n) is 4.96. The molecule has 8 heteroatoms. The highest BCUT2D eigenvalue weighted by Gasteiger charge is 2.36. The van der Waals surface area contributed by atoms with E-state index in [-0.39, 0.29) is 17.0 Å². The van der Waals surface area contributed by atoms with Gasteiger partial charge in [0.25, 0.3) is 0 Å². The van der Waals surface area contributed by atoms with E-state index in [0.29, 0.717) is 11.5 Å². The van der Waals surface area contributed by atoms with Crippen LogP contribution in [0.3, 0.4) is 0 Å². The Morgan fingerprint density at radius 3 is 2.68 bits per heavy atom. The van der Waals surface area contributed by atoms with Crippen molar-refractivity contribution in [2.75, 3.05) is 0 Å². The molecule has 19 heavy (non-hydrogen) atoms. The zero-order valence-electron chi connectivity index (χ0n) is 10.8. The largest absolute Gasteiger partial charge is 0.419 e. The molecule has 0 aromatic carbocycles. The van der Waals surface area contributed by atoms with E-state index in [4.69, 9.17) is 4.84 Å². The van der Waals surface area contributed by atoms with Crippen molar-refractivity contribution in [1.29, 1.82) is 0 Å². The summed E-state index contributed by atoms with van der Waals surface area (Å²) in [5.41, 5.74) is -1.05. The summed E-state index contributed by atoms with van der Waals surface area (Å²) in [7, 11) is 1.47. The predicted octanol–water partition coefficient (Wildman–Crippen LogP) is 3.18. The van der Waals surface area contributed by atoms with Gasteiger partial charge in [0.1, 0.15) is 10.6 Å². The molecule has 0 radical (unpaired) electrons. The first-order valence-electron chi connectivity index (χ1n) is 5.65. The summed E-state index contributed by atoms with van der Waals surface area (Å²) >= 11 is 1.23. The van der Waals surface area contributed by atoms with Crippen LogP contribution in [0.2, 0.25) is 0 Å². The molecule has 1 aromatic rings. The number of thioether (sulfide) groups is 1. The third-order valence-corrected chi connectivity index (χ3v) is 3.53. The molecule has 106 valence electrons. The second-order valence-corrected chi connectivity index (χ2v) is 6.01. The zero-order valence-corrected chi connectivity index (χ0v) is 11.6. The van der Waals surface area contributed by atoms with Crippen LogP contribution in [0.5, 0.6) is 0 Å². The first-order chi connectivity index (χ1) is 8.67. The average molecular weight is 293 g/mol. The highest BCUT2D eigenvalue weighted by atomic mass is 32.2. The van der Waals surface area contributed by atoms with Gasteiger partial charge in [-0.15, -0.1) is 11.8 Å². The lowest BCUT2D eigenvalue weighted by atomic mass is 10.1. The van der Waals surface area contributed by atoms with E-state index in [1.165, 1.54) is 23.5 Å². The summed E-state index contributed by atoms with van der Waals surface area (Å²) < 4.78 is 39.5. The Morgan fingerprint density at radius 2 is 2.16 bits per heavy atom. The molecule has 4 nitrogen and oxygen atoms in total. The lowest BCUT2D eigenvalue weighted by molar-refractivity contribution is -0.138. The standard InChI is InChI=1S/C11H14F3N3OS/c1-10(2)4-9(16-18-10)19-6-8-7(11(12,13)14)5-17(3)15-8/h5H,4,6H2,1-3H3. The predicted molar refractivity (Wildman–Crippen MR) is 66.7 cm³/mol.